The van der Waals surface area contributed by atoms with E-state index in [1.165, 1.54) is 13.0 Å². The van der Waals surface area contributed by atoms with Gasteiger partial charge in [0, 0.05) is 25.3 Å². The Labute approximate surface area is 277 Å². The molecule has 48 heavy (non-hydrogen) atoms. The first-order valence-corrected chi connectivity index (χ1v) is 15.7. The number of unbranched alkanes of at least 4 members (excludes halogenated alkanes) is 1. The second-order valence-corrected chi connectivity index (χ2v) is 12.5. The van der Waals surface area contributed by atoms with Crippen LogP contribution in [0.3, 0.4) is 0 Å². The zero-order valence-electron chi connectivity index (χ0n) is 27.4. The molecule has 2 saturated heterocycles. The third-order valence-electron chi connectivity index (χ3n) is 8.83. The minimum atomic E-state index is -3.89. The number of carboxylic acids is 3. The lowest BCUT2D eigenvalue weighted by Gasteiger charge is -2.48. The summed E-state index contributed by atoms with van der Waals surface area (Å²) in [5.41, 5.74) is -6.26. The van der Waals surface area contributed by atoms with E-state index in [4.69, 9.17) is 18.9 Å². The number of aliphatic hydroxyl groups excluding tert-OH is 1. The lowest BCUT2D eigenvalue weighted by atomic mass is 9.74. The van der Waals surface area contributed by atoms with Crippen molar-refractivity contribution in [1.82, 2.24) is 0 Å². The lowest BCUT2D eigenvalue weighted by Crippen LogP contribution is -2.78. The number of hydrogen-bond acceptors (Lipinski definition) is 11. The number of allylic oxidation sites excluding steroid dienone is 1. The number of carbonyl (C=O) groups excluding carboxylic acids is 2. The maximum atomic E-state index is 12.9. The Hall–Kier alpha value is -4.11. The summed E-state index contributed by atoms with van der Waals surface area (Å²) in [6.45, 7) is 10.8. The van der Waals surface area contributed by atoms with Crippen LogP contribution in [0, 0.1) is 11.8 Å². The summed E-state index contributed by atoms with van der Waals surface area (Å²) in [5, 5.41) is 53.4. The molecule has 0 amide bonds. The molecule has 2 aliphatic rings. The maximum Gasteiger partial charge on any atom is 0.344 e. The molecule has 0 aromatic heterocycles. The van der Waals surface area contributed by atoms with Crippen molar-refractivity contribution in [1.29, 1.82) is 0 Å². The standard InChI is InChI=1S/C34H44O14/c1-6-7-11-19(2)14-15-24(36)46-27-26(37)32(47-28(29(38)39)33(44,30(40)41)34(27,48-32)31(42)43)17-16-20(3)25(45-22(5)35)21(4)18-23-12-9-8-10-13-23/h8-10,12-15,19,21,25-28,37,44H,3,6-7,11,16-18H2,1-2,4-5H3,(H,38,39)(H,40,41)(H,42,43)/b15-14+/t19?,21-,25-,26-,27-,28-,32-,33-,34-/m1/s1. The number of benzene rings is 1. The molecule has 1 aromatic rings. The molecule has 9 atom stereocenters. The molecule has 264 valence electrons. The molecule has 0 saturated carbocycles. The van der Waals surface area contributed by atoms with E-state index < -0.39 is 77.7 Å². The molecule has 14 heteroatoms. The fourth-order valence-corrected chi connectivity index (χ4v) is 6.33. The number of aliphatic carboxylic acids is 3. The van der Waals surface area contributed by atoms with E-state index in [9.17, 15) is 49.5 Å². The van der Waals surface area contributed by atoms with Crippen LogP contribution in [-0.2, 0) is 49.3 Å². The largest absolute Gasteiger partial charge is 0.479 e. The molecule has 14 nitrogen and oxygen atoms in total. The SMILES string of the molecule is C=C(CC[C@@]12O[C@H](C(=O)O)[C@@](O)(C(=O)O)[C@@](C(=O)O)(O1)[C@H](OC(=O)/C=C/C(C)CCCC)[C@H]2O)[C@@H](OC(C)=O)[C@H](C)Cc1ccccc1. The molecule has 1 unspecified atom stereocenters. The van der Waals surface area contributed by atoms with Gasteiger partial charge in [-0.05, 0) is 36.3 Å². The van der Waals surface area contributed by atoms with Gasteiger partial charge in [0.05, 0.1) is 0 Å². The van der Waals surface area contributed by atoms with Crippen molar-refractivity contribution in [3.05, 3.63) is 60.2 Å². The van der Waals surface area contributed by atoms with E-state index in [-0.39, 0.29) is 23.8 Å². The summed E-state index contributed by atoms with van der Waals surface area (Å²) >= 11 is 0. The van der Waals surface area contributed by atoms with Crippen LogP contribution in [0.2, 0.25) is 0 Å². The fraction of sp³-hybridized carbons (Fsp3) is 0.559. The molecule has 2 bridgehead atoms. The first-order valence-electron chi connectivity index (χ1n) is 15.7. The summed E-state index contributed by atoms with van der Waals surface area (Å²) in [6.07, 6.45) is -3.95. The second-order valence-electron chi connectivity index (χ2n) is 12.5. The smallest absolute Gasteiger partial charge is 0.344 e. The van der Waals surface area contributed by atoms with Crippen molar-refractivity contribution in [2.24, 2.45) is 11.8 Å². The third kappa shape index (κ3) is 7.46. The van der Waals surface area contributed by atoms with E-state index in [0.717, 1.165) is 24.5 Å². The molecule has 5 N–H and O–H groups in total. The molecule has 2 heterocycles. The van der Waals surface area contributed by atoms with Gasteiger partial charge < -0.3 is 44.5 Å². The van der Waals surface area contributed by atoms with Gasteiger partial charge in [0.15, 0.2) is 6.10 Å². The Morgan fingerprint density at radius 2 is 1.71 bits per heavy atom. The summed E-state index contributed by atoms with van der Waals surface area (Å²) in [7, 11) is 0. The Bertz CT molecular complexity index is 1410. The van der Waals surface area contributed by atoms with Crippen LogP contribution in [0.25, 0.3) is 0 Å². The highest BCUT2D eigenvalue weighted by atomic mass is 16.8. The van der Waals surface area contributed by atoms with Crippen molar-refractivity contribution in [3.8, 4) is 0 Å². The number of carbonyl (C=O) groups is 5. The summed E-state index contributed by atoms with van der Waals surface area (Å²) in [6, 6.07) is 9.29. The quantitative estimate of drug-likeness (QED) is 0.0909. The number of esters is 2. The molecule has 1 aromatic carbocycles. The highest BCUT2D eigenvalue weighted by Gasteiger charge is 2.85. The van der Waals surface area contributed by atoms with Crippen molar-refractivity contribution in [2.45, 2.75) is 108 Å². The van der Waals surface area contributed by atoms with Crippen LogP contribution in [0.15, 0.2) is 54.6 Å². The van der Waals surface area contributed by atoms with Gasteiger partial charge in [-0.15, -0.1) is 0 Å². The third-order valence-corrected chi connectivity index (χ3v) is 8.83. The molecule has 0 radical (unpaired) electrons. The molecule has 3 rings (SSSR count). The highest BCUT2D eigenvalue weighted by Crippen LogP contribution is 2.56. The van der Waals surface area contributed by atoms with Crippen molar-refractivity contribution in [2.75, 3.05) is 0 Å². The van der Waals surface area contributed by atoms with Crippen LogP contribution >= 0.6 is 0 Å². The number of ether oxygens (including phenoxy) is 4. The van der Waals surface area contributed by atoms with Crippen LogP contribution in [0.4, 0.5) is 0 Å². The molecule has 2 fully saturated rings. The zero-order valence-corrected chi connectivity index (χ0v) is 27.4. The van der Waals surface area contributed by atoms with Crippen LogP contribution in [0.5, 0.6) is 0 Å². The van der Waals surface area contributed by atoms with Gasteiger partial charge in [-0.3, -0.25) is 4.79 Å². The average Bonchev–Trinajstić information content (AvgIpc) is 3.24. The number of carboxylic acid groups (broad SMARTS) is 3. The molecular formula is C34H44O14. The van der Waals surface area contributed by atoms with E-state index >= 15 is 0 Å². The number of aliphatic hydroxyl groups is 2. The summed E-state index contributed by atoms with van der Waals surface area (Å²) < 4.78 is 22.0. The minimum absolute atomic E-state index is 0.0996. The van der Waals surface area contributed by atoms with Crippen LogP contribution in [0.1, 0.15) is 65.4 Å². The van der Waals surface area contributed by atoms with E-state index in [2.05, 4.69) is 6.58 Å². The topological polar surface area (TPSA) is 223 Å². The van der Waals surface area contributed by atoms with E-state index in [1.807, 2.05) is 44.2 Å². The molecule has 0 aliphatic carbocycles. The van der Waals surface area contributed by atoms with Gasteiger partial charge in [-0.25, -0.2) is 19.2 Å². The Kier molecular flexibility index (Phi) is 12.3. The molecular weight excluding hydrogens is 632 g/mol. The Morgan fingerprint density at radius 3 is 2.25 bits per heavy atom. The second kappa shape index (κ2) is 15.4. The Balaban J connectivity index is 2.02. The van der Waals surface area contributed by atoms with Crippen molar-refractivity contribution >= 4 is 29.8 Å². The van der Waals surface area contributed by atoms with Gasteiger partial charge in [-0.1, -0.05) is 76.6 Å². The minimum Gasteiger partial charge on any atom is -0.479 e. The summed E-state index contributed by atoms with van der Waals surface area (Å²) in [4.78, 5) is 62.8. The average molecular weight is 677 g/mol. The Morgan fingerprint density at radius 1 is 1.06 bits per heavy atom. The first kappa shape index (κ1) is 38.3. The van der Waals surface area contributed by atoms with E-state index in [0.29, 0.717) is 12.8 Å². The van der Waals surface area contributed by atoms with Gasteiger partial charge in [0.2, 0.25) is 23.1 Å². The lowest BCUT2D eigenvalue weighted by molar-refractivity contribution is -0.374. The van der Waals surface area contributed by atoms with Crippen molar-refractivity contribution < 1.29 is 68.5 Å². The normalized spacial score (nSPS) is 29.8. The van der Waals surface area contributed by atoms with Crippen LogP contribution in [-0.4, -0.2) is 96.8 Å². The molecule has 0 spiro atoms. The van der Waals surface area contributed by atoms with Crippen LogP contribution < -0.4 is 0 Å². The summed E-state index contributed by atoms with van der Waals surface area (Å²) in [5.74, 6) is -11.6. The van der Waals surface area contributed by atoms with Gasteiger partial charge in [-0.2, -0.15) is 0 Å². The molecule has 2 aliphatic heterocycles. The predicted octanol–water partition coefficient (Wildman–Crippen LogP) is 2.64. The first-order chi connectivity index (χ1) is 22.5. The van der Waals surface area contributed by atoms with Gasteiger partial charge >= 0.3 is 29.8 Å². The monoisotopic (exact) mass is 676 g/mol. The van der Waals surface area contributed by atoms with Gasteiger partial charge in [0.25, 0.3) is 0 Å². The maximum absolute atomic E-state index is 12.9. The number of fused-ring (bicyclic) bond motifs is 2. The predicted molar refractivity (Wildman–Crippen MR) is 166 cm³/mol. The zero-order chi connectivity index (χ0) is 36.0. The number of hydrogen-bond donors (Lipinski definition) is 5. The number of rotatable bonds is 17. The van der Waals surface area contributed by atoms with Crippen molar-refractivity contribution in [3.63, 3.8) is 0 Å². The van der Waals surface area contributed by atoms with E-state index in [1.54, 1.807) is 6.92 Å². The fourth-order valence-electron chi connectivity index (χ4n) is 6.33. The van der Waals surface area contributed by atoms with Gasteiger partial charge in [0.1, 0.15) is 12.2 Å². The highest BCUT2D eigenvalue weighted by molar-refractivity contribution is 5.98.